The predicted octanol–water partition coefficient (Wildman–Crippen LogP) is 3.25. The van der Waals surface area contributed by atoms with Gasteiger partial charge in [0.1, 0.15) is 11.1 Å². The average Bonchev–Trinajstić information content (AvgIpc) is 2.55. The van der Waals surface area contributed by atoms with Crippen molar-refractivity contribution in [2.24, 2.45) is 5.92 Å². The molecular formula is C18H14ClNO3. The van der Waals surface area contributed by atoms with Gasteiger partial charge in [-0.15, -0.1) is 0 Å². The van der Waals surface area contributed by atoms with Crippen LogP contribution in [0.3, 0.4) is 0 Å². The lowest BCUT2D eigenvalue weighted by Gasteiger charge is -2.25. The predicted molar refractivity (Wildman–Crippen MR) is 85.5 cm³/mol. The average molecular weight is 328 g/mol. The van der Waals surface area contributed by atoms with Gasteiger partial charge in [-0.25, -0.2) is 4.98 Å². The van der Waals surface area contributed by atoms with E-state index in [1.54, 1.807) is 0 Å². The van der Waals surface area contributed by atoms with E-state index < -0.39 is 11.7 Å². The molecule has 1 saturated carbocycles. The van der Waals surface area contributed by atoms with E-state index in [-0.39, 0.29) is 41.0 Å². The number of rotatable bonds is 3. The number of carbonyl (C=O) groups excluding carboxylic acids is 3. The topological polar surface area (TPSA) is 64.1 Å². The quantitative estimate of drug-likeness (QED) is 0.493. The molecule has 1 fully saturated rings. The van der Waals surface area contributed by atoms with E-state index >= 15 is 0 Å². The van der Waals surface area contributed by atoms with Crippen LogP contribution in [0.15, 0.2) is 48.7 Å². The maximum atomic E-state index is 12.5. The number of benzene rings is 1. The van der Waals surface area contributed by atoms with Crippen molar-refractivity contribution >= 4 is 29.0 Å². The Labute approximate surface area is 138 Å². The summed E-state index contributed by atoms with van der Waals surface area (Å²) >= 11 is 5.69. The summed E-state index contributed by atoms with van der Waals surface area (Å²) in [7, 11) is 0. The van der Waals surface area contributed by atoms with Gasteiger partial charge in [0.2, 0.25) is 0 Å². The molecule has 0 atom stereocenters. The van der Waals surface area contributed by atoms with Crippen LogP contribution in [-0.4, -0.2) is 22.3 Å². The molecule has 0 aliphatic heterocycles. The normalized spacial score (nSPS) is 21.3. The summed E-state index contributed by atoms with van der Waals surface area (Å²) in [6.45, 7) is 0. The molecule has 1 heterocycles. The lowest BCUT2D eigenvalue weighted by molar-refractivity contribution is -0.133. The number of nitrogens with zero attached hydrogens (tertiary/aromatic N) is 1. The van der Waals surface area contributed by atoms with Crippen LogP contribution in [0.2, 0.25) is 5.15 Å². The number of hydrogen-bond donors (Lipinski definition) is 0. The molecule has 0 unspecified atom stereocenters. The summed E-state index contributed by atoms with van der Waals surface area (Å²) in [5.74, 6) is -2.50. The van der Waals surface area contributed by atoms with Crippen LogP contribution >= 0.6 is 11.6 Å². The highest BCUT2D eigenvalue weighted by atomic mass is 35.5. The second kappa shape index (κ2) is 6.42. The van der Waals surface area contributed by atoms with Crippen molar-refractivity contribution < 1.29 is 14.4 Å². The summed E-state index contributed by atoms with van der Waals surface area (Å²) in [5, 5.41) is 0.256. The number of Topliss-reactive ketones (excluding diaryl/α,β-unsaturated/α-hetero) is 3. The lowest BCUT2D eigenvalue weighted by Crippen LogP contribution is -2.38. The van der Waals surface area contributed by atoms with Crippen LogP contribution < -0.4 is 0 Å². The third kappa shape index (κ3) is 3.22. The fourth-order valence-corrected chi connectivity index (χ4v) is 3.03. The molecule has 2 aromatic rings. The van der Waals surface area contributed by atoms with Crippen LogP contribution in [0.4, 0.5) is 0 Å². The Balaban J connectivity index is 1.80. The van der Waals surface area contributed by atoms with E-state index in [1.807, 2.05) is 30.3 Å². The summed E-state index contributed by atoms with van der Waals surface area (Å²) in [4.78, 5) is 41.0. The molecule has 0 radical (unpaired) electrons. The second-order valence-corrected chi connectivity index (χ2v) is 6.00. The molecule has 0 spiro atoms. The van der Waals surface area contributed by atoms with Gasteiger partial charge in [0.25, 0.3) is 0 Å². The monoisotopic (exact) mass is 327 g/mol. The van der Waals surface area contributed by atoms with Gasteiger partial charge in [-0.2, -0.15) is 0 Å². The lowest BCUT2D eigenvalue weighted by atomic mass is 9.74. The standard InChI is InChI=1S/C18H14ClNO3/c19-16-7-6-12(10-20-16)18(23)17-14(21)8-13(9-15(17)22)11-4-2-1-3-5-11/h1-7,10,13,17H,8-9H2. The molecule has 1 aliphatic rings. The third-order valence-corrected chi connectivity index (χ3v) is 4.31. The number of hydrogen-bond acceptors (Lipinski definition) is 4. The first kappa shape index (κ1) is 15.6. The first-order valence-electron chi connectivity index (χ1n) is 7.32. The van der Waals surface area contributed by atoms with Crippen molar-refractivity contribution in [1.29, 1.82) is 0 Å². The van der Waals surface area contributed by atoms with Gasteiger partial charge in [-0.3, -0.25) is 14.4 Å². The van der Waals surface area contributed by atoms with Crippen LogP contribution in [0.1, 0.15) is 34.7 Å². The zero-order chi connectivity index (χ0) is 16.4. The van der Waals surface area contributed by atoms with E-state index in [0.717, 1.165) is 5.56 Å². The van der Waals surface area contributed by atoms with E-state index in [4.69, 9.17) is 11.6 Å². The minimum absolute atomic E-state index is 0.149. The largest absolute Gasteiger partial charge is 0.298 e. The fraction of sp³-hybridized carbons (Fsp3) is 0.222. The van der Waals surface area contributed by atoms with Gasteiger partial charge in [0.05, 0.1) is 0 Å². The first-order valence-corrected chi connectivity index (χ1v) is 7.70. The molecular weight excluding hydrogens is 314 g/mol. The van der Waals surface area contributed by atoms with Gasteiger partial charge in [0.15, 0.2) is 17.3 Å². The smallest absolute Gasteiger partial charge is 0.182 e. The molecule has 4 nitrogen and oxygen atoms in total. The zero-order valence-corrected chi connectivity index (χ0v) is 13.0. The maximum absolute atomic E-state index is 12.5. The molecule has 1 aliphatic carbocycles. The van der Waals surface area contributed by atoms with Crippen LogP contribution in [0, 0.1) is 5.92 Å². The molecule has 23 heavy (non-hydrogen) atoms. The fourth-order valence-electron chi connectivity index (χ4n) is 2.91. The molecule has 0 N–H and O–H groups in total. The van der Waals surface area contributed by atoms with Crippen LogP contribution in [0.5, 0.6) is 0 Å². The van der Waals surface area contributed by atoms with E-state index in [1.165, 1.54) is 18.3 Å². The molecule has 116 valence electrons. The SMILES string of the molecule is O=C1CC(c2ccccc2)CC(=O)C1C(=O)c1ccc(Cl)nc1. The van der Waals surface area contributed by atoms with Crippen molar-refractivity contribution in [3.05, 3.63) is 64.9 Å². The molecule has 1 aromatic carbocycles. The molecule has 5 heteroatoms. The minimum Gasteiger partial charge on any atom is -0.298 e. The highest BCUT2D eigenvalue weighted by Gasteiger charge is 2.40. The van der Waals surface area contributed by atoms with Crippen molar-refractivity contribution in [1.82, 2.24) is 4.98 Å². The molecule has 0 saturated heterocycles. The summed E-state index contributed by atoms with van der Waals surface area (Å²) < 4.78 is 0. The van der Waals surface area contributed by atoms with Gasteiger partial charge >= 0.3 is 0 Å². The van der Waals surface area contributed by atoms with E-state index in [9.17, 15) is 14.4 Å². The Morgan fingerprint density at radius 1 is 1.00 bits per heavy atom. The molecule has 0 bridgehead atoms. The van der Waals surface area contributed by atoms with Crippen LogP contribution in [-0.2, 0) is 9.59 Å². The highest BCUT2D eigenvalue weighted by molar-refractivity contribution is 6.29. The van der Waals surface area contributed by atoms with Crippen molar-refractivity contribution in [3.8, 4) is 0 Å². The third-order valence-electron chi connectivity index (χ3n) is 4.08. The Morgan fingerprint density at radius 3 is 2.22 bits per heavy atom. The van der Waals surface area contributed by atoms with Crippen LogP contribution in [0.25, 0.3) is 0 Å². The summed E-state index contributed by atoms with van der Waals surface area (Å²) in [6.07, 6.45) is 1.70. The number of pyridine rings is 1. The first-order chi connectivity index (χ1) is 11.1. The Morgan fingerprint density at radius 2 is 1.65 bits per heavy atom. The number of halogens is 1. The van der Waals surface area contributed by atoms with Gasteiger partial charge < -0.3 is 0 Å². The van der Waals surface area contributed by atoms with Gasteiger partial charge in [-0.05, 0) is 23.6 Å². The second-order valence-electron chi connectivity index (χ2n) is 5.62. The minimum atomic E-state index is -1.21. The summed E-state index contributed by atoms with van der Waals surface area (Å²) in [5.41, 5.74) is 1.19. The van der Waals surface area contributed by atoms with E-state index in [2.05, 4.69) is 4.98 Å². The maximum Gasteiger partial charge on any atom is 0.182 e. The van der Waals surface area contributed by atoms with E-state index in [0.29, 0.717) is 0 Å². The number of aromatic nitrogens is 1. The van der Waals surface area contributed by atoms with Crippen molar-refractivity contribution in [2.75, 3.05) is 0 Å². The van der Waals surface area contributed by atoms with Gasteiger partial charge in [-0.1, -0.05) is 41.9 Å². The summed E-state index contributed by atoms with van der Waals surface area (Å²) in [6, 6.07) is 12.4. The Hall–Kier alpha value is -2.33. The van der Waals surface area contributed by atoms with Crippen molar-refractivity contribution in [2.45, 2.75) is 18.8 Å². The van der Waals surface area contributed by atoms with Crippen molar-refractivity contribution in [3.63, 3.8) is 0 Å². The molecule has 1 aromatic heterocycles. The molecule has 0 amide bonds. The van der Waals surface area contributed by atoms with Gasteiger partial charge in [0, 0.05) is 24.6 Å². The number of carbonyl (C=O) groups is 3. The highest BCUT2D eigenvalue weighted by Crippen LogP contribution is 2.33. The Kier molecular flexibility index (Phi) is 4.35. The Bertz CT molecular complexity index is 738. The number of ketones is 3. The zero-order valence-electron chi connectivity index (χ0n) is 12.2. The molecule has 3 rings (SSSR count).